The molecule has 6 rings (SSSR count). The molecule has 2 fully saturated rings. The van der Waals surface area contributed by atoms with E-state index in [1.165, 1.54) is 10.4 Å². The summed E-state index contributed by atoms with van der Waals surface area (Å²) in [5.41, 5.74) is 0.725. The van der Waals surface area contributed by atoms with E-state index in [1.54, 1.807) is 35.4 Å². The Hall–Kier alpha value is -3.59. The van der Waals surface area contributed by atoms with E-state index in [0.717, 1.165) is 29.0 Å². The van der Waals surface area contributed by atoms with Crippen LogP contribution in [0.15, 0.2) is 59.8 Å². The number of β-amino-alcohol motifs (C(OH)–C–C–N with tert-alkyl or cyclic N) is 1. The Morgan fingerprint density at radius 3 is 2.32 bits per heavy atom. The molecule has 0 aliphatic carbocycles. The lowest BCUT2D eigenvalue weighted by atomic mass is 9.75. The molecule has 0 bridgehead atoms. The number of aromatic nitrogens is 2. The van der Waals surface area contributed by atoms with Gasteiger partial charge in [-0.1, -0.05) is 12.1 Å². The van der Waals surface area contributed by atoms with Crippen LogP contribution in [-0.4, -0.2) is 79.2 Å². The van der Waals surface area contributed by atoms with Crippen molar-refractivity contribution in [3.05, 3.63) is 66.0 Å². The van der Waals surface area contributed by atoms with Gasteiger partial charge in [-0.05, 0) is 61.6 Å². The number of halogens is 3. The van der Waals surface area contributed by atoms with Crippen molar-refractivity contribution in [3.63, 3.8) is 0 Å². The average molecular weight is 632 g/mol. The first kappa shape index (κ1) is 30.4. The Morgan fingerprint density at radius 1 is 1.00 bits per heavy atom. The highest BCUT2D eigenvalue weighted by Gasteiger charge is 2.52. The van der Waals surface area contributed by atoms with Crippen molar-refractivity contribution in [2.45, 2.75) is 48.2 Å². The number of pyridine rings is 2. The fourth-order valence-electron chi connectivity index (χ4n) is 6.23. The lowest BCUT2D eigenvalue weighted by Gasteiger charge is -2.32. The molecular weight excluding hydrogens is 599 g/mol. The Kier molecular flexibility index (Phi) is 8.11. The molecular formula is C30H32F3N5O5S. The molecule has 3 aromatic rings. The Labute approximate surface area is 252 Å². The highest BCUT2D eigenvalue weighted by atomic mass is 32.2. The van der Waals surface area contributed by atoms with Gasteiger partial charge in [-0.25, -0.2) is 18.4 Å². The molecule has 0 atom stereocenters. The lowest BCUT2D eigenvalue weighted by molar-refractivity contribution is -0.137. The predicted molar refractivity (Wildman–Crippen MR) is 155 cm³/mol. The number of benzene rings is 1. The summed E-state index contributed by atoms with van der Waals surface area (Å²) in [6.07, 6.45) is -0.0376. The zero-order chi connectivity index (χ0) is 31.1. The van der Waals surface area contributed by atoms with Crippen LogP contribution in [0.3, 0.4) is 0 Å². The standard InChI is InChI=1S/C30H32F3N5O5S/c31-30(32,33)22-3-6-26(34-19-22)36-23-7-11-37(12-8-23)44(41,42)24-4-1-20(2-5-24)21-17-25-27(35-18-21)38(13-14-39)28(40)29(25)9-15-43-16-10-29/h1-6,17-19,23,39H,7-16H2,(H,34,36). The fourth-order valence-corrected chi connectivity index (χ4v) is 7.70. The smallest absolute Gasteiger partial charge is 0.395 e. The van der Waals surface area contributed by atoms with Gasteiger partial charge >= 0.3 is 6.18 Å². The number of hydrogen-bond donors (Lipinski definition) is 2. The van der Waals surface area contributed by atoms with E-state index >= 15 is 0 Å². The quantitative estimate of drug-likeness (QED) is 0.404. The molecule has 0 radical (unpaired) electrons. The van der Waals surface area contributed by atoms with Gasteiger partial charge in [0.1, 0.15) is 11.6 Å². The van der Waals surface area contributed by atoms with Crippen molar-refractivity contribution in [3.8, 4) is 11.1 Å². The summed E-state index contributed by atoms with van der Waals surface area (Å²) < 4.78 is 72.2. The molecule has 5 heterocycles. The molecule has 234 valence electrons. The van der Waals surface area contributed by atoms with Crippen molar-refractivity contribution in [1.29, 1.82) is 0 Å². The summed E-state index contributed by atoms with van der Waals surface area (Å²) in [5, 5.41) is 12.6. The van der Waals surface area contributed by atoms with E-state index in [4.69, 9.17) is 4.74 Å². The lowest BCUT2D eigenvalue weighted by Crippen LogP contribution is -2.44. The monoisotopic (exact) mass is 631 g/mol. The summed E-state index contributed by atoms with van der Waals surface area (Å²) in [7, 11) is -3.77. The van der Waals surface area contributed by atoms with Gasteiger partial charge in [0.15, 0.2) is 0 Å². The maximum absolute atomic E-state index is 13.4. The minimum absolute atomic E-state index is 0.0782. The fraction of sp³-hybridized carbons (Fsp3) is 0.433. The van der Waals surface area contributed by atoms with Crippen molar-refractivity contribution in [2.24, 2.45) is 0 Å². The van der Waals surface area contributed by atoms with Crippen molar-refractivity contribution < 1.29 is 36.2 Å². The van der Waals surface area contributed by atoms with Gasteiger partial charge in [0.05, 0.1) is 29.0 Å². The van der Waals surface area contributed by atoms with Gasteiger partial charge in [-0.2, -0.15) is 17.5 Å². The van der Waals surface area contributed by atoms with Crippen LogP contribution < -0.4 is 10.2 Å². The topological polar surface area (TPSA) is 125 Å². The molecule has 1 amide bonds. The summed E-state index contributed by atoms with van der Waals surface area (Å²) in [6, 6.07) is 10.6. The largest absolute Gasteiger partial charge is 0.417 e. The zero-order valence-electron chi connectivity index (χ0n) is 23.8. The van der Waals surface area contributed by atoms with Crippen LogP contribution in [0.25, 0.3) is 11.1 Å². The predicted octanol–water partition coefficient (Wildman–Crippen LogP) is 3.81. The second kappa shape index (κ2) is 11.7. The third-order valence-corrected chi connectivity index (χ3v) is 10.6. The first-order valence-corrected chi connectivity index (χ1v) is 15.9. The van der Waals surface area contributed by atoms with Crippen LogP contribution >= 0.6 is 0 Å². The molecule has 2 aromatic heterocycles. The number of aliphatic hydroxyl groups excluding tert-OH is 1. The number of rotatable bonds is 7. The zero-order valence-corrected chi connectivity index (χ0v) is 24.6. The third-order valence-electron chi connectivity index (χ3n) is 8.68. The number of carbonyl (C=O) groups is 1. The number of hydrogen-bond acceptors (Lipinski definition) is 8. The Balaban J connectivity index is 1.14. The van der Waals surface area contributed by atoms with Crippen molar-refractivity contribution in [1.82, 2.24) is 14.3 Å². The van der Waals surface area contributed by atoms with E-state index in [2.05, 4.69) is 15.3 Å². The summed E-state index contributed by atoms with van der Waals surface area (Å²) in [5.74, 6) is 0.774. The molecule has 3 aliphatic heterocycles. The molecule has 1 aromatic carbocycles. The number of alkyl halides is 3. The number of piperidine rings is 1. The normalized spacial score (nSPS) is 19.4. The molecule has 10 nitrogen and oxygen atoms in total. The number of anilines is 2. The number of nitrogens with one attached hydrogen (secondary N) is 1. The second-order valence-electron chi connectivity index (χ2n) is 11.2. The maximum atomic E-state index is 13.4. The van der Waals surface area contributed by atoms with Gasteiger partial charge in [0.25, 0.3) is 0 Å². The van der Waals surface area contributed by atoms with E-state index in [-0.39, 0.29) is 43.1 Å². The Morgan fingerprint density at radius 2 is 1.70 bits per heavy atom. The highest BCUT2D eigenvalue weighted by Crippen LogP contribution is 2.47. The van der Waals surface area contributed by atoms with Gasteiger partial charge in [0, 0.05) is 55.9 Å². The van der Waals surface area contributed by atoms with E-state index in [0.29, 0.717) is 50.5 Å². The number of sulfonamides is 1. The molecule has 14 heteroatoms. The van der Waals surface area contributed by atoms with Crippen molar-refractivity contribution >= 4 is 27.6 Å². The van der Waals surface area contributed by atoms with Gasteiger partial charge in [-0.3, -0.25) is 9.69 Å². The molecule has 3 aliphatic rings. The summed E-state index contributed by atoms with van der Waals surface area (Å²) >= 11 is 0. The molecule has 2 saturated heterocycles. The first-order chi connectivity index (χ1) is 21.0. The van der Waals surface area contributed by atoms with Crippen LogP contribution in [0.5, 0.6) is 0 Å². The van der Waals surface area contributed by atoms with Gasteiger partial charge in [0.2, 0.25) is 15.9 Å². The molecule has 0 saturated carbocycles. The van der Waals surface area contributed by atoms with Crippen LogP contribution in [-0.2, 0) is 31.1 Å². The number of carbonyl (C=O) groups excluding carboxylic acids is 1. The van der Waals surface area contributed by atoms with Crippen LogP contribution in [0.1, 0.15) is 36.8 Å². The number of fused-ring (bicyclic) bond motifs is 2. The minimum Gasteiger partial charge on any atom is -0.395 e. The summed E-state index contributed by atoms with van der Waals surface area (Å²) in [4.78, 5) is 23.6. The second-order valence-corrected chi connectivity index (χ2v) is 13.2. The van der Waals surface area contributed by atoms with Gasteiger partial charge < -0.3 is 15.2 Å². The first-order valence-electron chi connectivity index (χ1n) is 14.4. The third kappa shape index (κ3) is 5.55. The minimum atomic E-state index is -4.46. The number of aliphatic hydroxyl groups is 1. The van der Waals surface area contributed by atoms with E-state index in [1.807, 2.05) is 6.07 Å². The van der Waals surface area contributed by atoms with Crippen molar-refractivity contribution in [2.75, 3.05) is 49.7 Å². The highest BCUT2D eigenvalue weighted by molar-refractivity contribution is 7.89. The number of ether oxygens (including phenoxy) is 1. The van der Waals surface area contributed by atoms with Crippen LogP contribution in [0.4, 0.5) is 24.8 Å². The Bertz CT molecular complexity index is 1620. The van der Waals surface area contributed by atoms with Gasteiger partial charge in [-0.15, -0.1) is 0 Å². The SMILES string of the molecule is O=C1N(CCO)c2ncc(-c3ccc(S(=O)(=O)N4CCC(Nc5ccc(C(F)(F)F)cn5)CC4)cc3)cc2C12CCOCC2. The molecule has 0 unspecified atom stereocenters. The van der Waals surface area contributed by atoms with E-state index < -0.39 is 27.2 Å². The average Bonchev–Trinajstić information content (AvgIpc) is 3.24. The van der Waals surface area contributed by atoms with E-state index in [9.17, 15) is 31.5 Å². The maximum Gasteiger partial charge on any atom is 0.417 e. The molecule has 44 heavy (non-hydrogen) atoms. The number of nitrogens with zero attached hydrogens (tertiary/aromatic N) is 4. The van der Waals surface area contributed by atoms with Crippen LogP contribution in [0.2, 0.25) is 0 Å². The summed E-state index contributed by atoms with van der Waals surface area (Å²) in [6.45, 7) is 1.39. The molecule has 2 N–H and O–H groups in total. The van der Waals surface area contributed by atoms with Crippen LogP contribution in [0, 0.1) is 0 Å². The number of amides is 1. The molecule has 1 spiro atoms.